The van der Waals surface area contributed by atoms with E-state index in [1.807, 2.05) is 91.0 Å². The standard InChI is InChI=1S/C29H34O5S/c1-2-35-29-28(33-20-24-16-10-5-11-17-24)26(30)27(32-19-23-14-8-4-9-15-23)25(34-29)21-31-18-22-12-6-3-7-13-22/h3-17,25-30H,2,18-21H2,1H3/t25-,26+,27-,28-,29+/m1/s1. The first-order valence-corrected chi connectivity index (χ1v) is 13.2. The minimum absolute atomic E-state index is 0.317. The Morgan fingerprint density at radius 1 is 0.714 bits per heavy atom. The number of thioether (sulfide) groups is 1. The van der Waals surface area contributed by atoms with Crippen LogP contribution < -0.4 is 0 Å². The maximum atomic E-state index is 11.5. The Labute approximate surface area is 212 Å². The van der Waals surface area contributed by atoms with Crippen LogP contribution in [0.2, 0.25) is 0 Å². The first kappa shape index (κ1) is 25.9. The molecule has 0 radical (unpaired) electrons. The molecular formula is C29H34O5S. The van der Waals surface area contributed by atoms with E-state index in [2.05, 4.69) is 6.92 Å². The van der Waals surface area contributed by atoms with Crippen molar-refractivity contribution in [2.75, 3.05) is 12.4 Å². The lowest BCUT2D eigenvalue weighted by Gasteiger charge is -2.44. The van der Waals surface area contributed by atoms with E-state index in [9.17, 15) is 5.11 Å². The van der Waals surface area contributed by atoms with E-state index in [4.69, 9.17) is 18.9 Å². The molecule has 0 unspecified atom stereocenters. The third kappa shape index (κ3) is 7.64. The largest absolute Gasteiger partial charge is 0.387 e. The molecule has 6 heteroatoms. The van der Waals surface area contributed by atoms with Crippen molar-refractivity contribution >= 4 is 11.8 Å². The van der Waals surface area contributed by atoms with Gasteiger partial charge in [-0.05, 0) is 22.4 Å². The highest BCUT2D eigenvalue weighted by Crippen LogP contribution is 2.33. The quantitative estimate of drug-likeness (QED) is 0.373. The van der Waals surface area contributed by atoms with Crippen LogP contribution in [-0.4, -0.2) is 47.3 Å². The number of aliphatic hydroxyl groups is 1. The van der Waals surface area contributed by atoms with Gasteiger partial charge >= 0.3 is 0 Å². The van der Waals surface area contributed by atoms with Gasteiger partial charge in [0.2, 0.25) is 0 Å². The number of benzene rings is 3. The monoisotopic (exact) mass is 494 g/mol. The number of hydrogen-bond acceptors (Lipinski definition) is 6. The molecule has 0 amide bonds. The highest BCUT2D eigenvalue weighted by Gasteiger charge is 2.46. The summed E-state index contributed by atoms with van der Waals surface area (Å²) in [5.41, 5.74) is 2.86. The molecule has 1 fully saturated rings. The average Bonchev–Trinajstić information content (AvgIpc) is 2.90. The maximum Gasteiger partial charge on any atom is 0.132 e. The molecule has 3 aromatic rings. The van der Waals surface area contributed by atoms with E-state index in [0.717, 1.165) is 22.4 Å². The normalized spacial score (nSPS) is 24.3. The summed E-state index contributed by atoms with van der Waals surface area (Å²) in [6, 6.07) is 30.0. The van der Waals surface area contributed by atoms with Gasteiger partial charge in [0.1, 0.15) is 29.9 Å². The molecule has 1 aliphatic rings. The Kier molecular flexibility index (Phi) is 10.2. The summed E-state index contributed by atoms with van der Waals surface area (Å²) in [5.74, 6) is 0.843. The van der Waals surface area contributed by atoms with Crippen LogP contribution in [0.25, 0.3) is 0 Å². The van der Waals surface area contributed by atoms with Crippen LogP contribution in [0.15, 0.2) is 91.0 Å². The fourth-order valence-corrected chi connectivity index (χ4v) is 5.09. The van der Waals surface area contributed by atoms with E-state index in [-0.39, 0.29) is 5.44 Å². The fourth-order valence-electron chi connectivity index (χ4n) is 4.11. The van der Waals surface area contributed by atoms with Crippen molar-refractivity contribution in [1.82, 2.24) is 0 Å². The second-order valence-corrected chi connectivity index (χ2v) is 9.89. The third-order valence-electron chi connectivity index (χ3n) is 5.91. The molecular weight excluding hydrogens is 460 g/mol. The van der Waals surface area contributed by atoms with Gasteiger partial charge in [-0.1, -0.05) is 97.9 Å². The van der Waals surface area contributed by atoms with E-state index < -0.39 is 24.4 Å². The molecule has 0 aromatic heterocycles. The van der Waals surface area contributed by atoms with Gasteiger partial charge in [-0.3, -0.25) is 0 Å². The first-order chi connectivity index (χ1) is 17.2. The highest BCUT2D eigenvalue weighted by molar-refractivity contribution is 7.99. The van der Waals surface area contributed by atoms with Gasteiger partial charge in [0, 0.05) is 0 Å². The van der Waals surface area contributed by atoms with Crippen molar-refractivity contribution in [2.24, 2.45) is 0 Å². The zero-order valence-corrected chi connectivity index (χ0v) is 20.9. The Balaban J connectivity index is 1.46. The predicted molar refractivity (Wildman–Crippen MR) is 139 cm³/mol. The summed E-state index contributed by atoms with van der Waals surface area (Å²) in [7, 11) is 0. The van der Waals surface area contributed by atoms with Crippen molar-refractivity contribution < 1.29 is 24.1 Å². The number of rotatable bonds is 12. The van der Waals surface area contributed by atoms with Crippen LogP contribution in [0.3, 0.4) is 0 Å². The van der Waals surface area contributed by atoms with E-state index >= 15 is 0 Å². The molecule has 3 aromatic carbocycles. The SMILES string of the molecule is CCS[C@@H]1O[C@H](COCc2ccccc2)[C@@H](OCc2ccccc2)[C@H](O)[C@H]1OCc1ccccc1. The molecule has 5 atom stereocenters. The smallest absolute Gasteiger partial charge is 0.132 e. The maximum absolute atomic E-state index is 11.5. The lowest BCUT2D eigenvalue weighted by Crippen LogP contribution is -2.59. The van der Waals surface area contributed by atoms with E-state index in [1.54, 1.807) is 11.8 Å². The summed E-state index contributed by atoms with van der Waals surface area (Å²) in [5, 5.41) is 11.5. The zero-order valence-electron chi connectivity index (χ0n) is 20.1. The summed E-state index contributed by atoms with van der Waals surface area (Å²) >= 11 is 1.63. The summed E-state index contributed by atoms with van der Waals surface area (Å²) in [6.07, 6.45) is -2.38. The van der Waals surface area contributed by atoms with Crippen molar-refractivity contribution in [3.8, 4) is 0 Å². The molecule has 1 heterocycles. The minimum Gasteiger partial charge on any atom is -0.387 e. The summed E-state index contributed by atoms with van der Waals surface area (Å²) in [4.78, 5) is 0. The van der Waals surface area contributed by atoms with Crippen LogP contribution in [-0.2, 0) is 38.8 Å². The molecule has 0 spiro atoms. The molecule has 1 saturated heterocycles. The number of ether oxygens (including phenoxy) is 4. The summed E-state index contributed by atoms with van der Waals surface area (Å²) in [6.45, 7) is 3.64. The number of aliphatic hydroxyl groups excluding tert-OH is 1. The molecule has 0 bridgehead atoms. The average molecular weight is 495 g/mol. The van der Waals surface area contributed by atoms with Gasteiger partial charge in [-0.2, -0.15) is 0 Å². The van der Waals surface area contributed by atoms with E-state index in [0.29, 0.717) is 26.4 Å². The zero-order chi connectivity index (χ0) is 24.3. The molecule has 186 valence electrons. The fraction of sp³-hybridized carbons (Fsp3) is 0.379. The third-order valence-corrected chi connectivity index (χ3v) is 6.95. The van der Waals surface area contributed by atoms with Gasteiger partial charge in [-0.15, -0.1) is 11.8 Å². The highest BCUT2D eigenvalue weighted by atomic mass is 32.2. The van der Waals surface area contributed by atoms with Crippen LogP contribution in [0.1, 0.15) is 23.6 Å². The molecule has 1 N–H and O–H groups in total. The van der Waals surface area contributed by atoms with Gasteiger partial charge in [-0.25, -0.2) is 0 Å². The first-order valence-electron chi connectivity index (χ1n) is 12.1. The summed E-state index contributed by atoms with van der Waals surface area (Å²) < 4.78 is 25.0. The van der Waals surface area contributed by atoms with Crippen molar-refractivity contribution in [3.05, 3.63) is 108 Å². The van der Waals surface area contributed by atoms with Crippen LogP contribution in [0.5, 0.6) is 0 Å². The van der Waals surface area contributed by atoms with Crippen molar-refractivity contribution in [2.45, 2.75) is 56.6 Å². The Morgan fingerprint density at radius 2 is 1.20 bits per heavy atom. The minimum atomic E-state index is -0.856. The molecule has 1 aliphatic heterocycles. The Morgan fingerprint density at radius 3 is 1.71 bits per heavy atom. The van der Waals surface area contributed by atoms with Gasteiger partial charge in [0.15, 0.2) is 0 Å². The van der Waals surface area contributed by atoms with Gasteiger partial charge in [0.05, 0.1) is 26.4 Å². The van der Waals surface area contributed by atoms with Crippen LogP contribution >= 0.6 is 11.8 Å². The molecule has 0 saturated carbocycles. The lowest BCUT2D eigenvalue weighted by molar-refractivity contribution is -0.240. The van der Waals surface area contributed by atoms with Crippen LogP contribution in [0, 0.1) is 0 Å². The molecule has 0 aliphatic carbocycles. The van der Waals surface area contributed by atoms with Gasteiger partial charge < -0.3 is 24.1 Å². The predicted octanol–water partition coefficient (Wildman–Crippen LogP) is 5.21. The Bertz CT molecular complexity index is 970. The molecule has 5 nitrogen and oxygen atoms in total. The van der Waals surface area contributed by atoms with Crippen LogP contribution in [0.4, 0.5) is 0 Å². The van der Waals surface area contributed by atoms with Gasteiger partial charge in [0.25, 0.3) is 0 Å². The Hall–Kier alpha value is -2.19. The second-order valence-electron chi connectivity index (χ2n) is 8.51. The number of hydrogen-bond donors (Lipinski definition) is 1. The molecule has 35 heavy (non-hydrogen) atoms. The van der Waals surface area contributed by atoms with Crippen molar-refractivity contribution in [1.29, 1.82) is 0 Å². The topological polar surface area (TPSA) is 57.2 Å². The molecule has 4 rings (SSSR count). The van der Waals surface area contributed by atoms with Crippen molar-refractivity contribution in [3.63, 3.8) is 0 Å². The lowest BCUT2D eigenvalue weighted by atomic mass is 9.99. The van der Waals surface area contributed by atoms with E-state index in [1.165, 1.54) is 0 Å². The second kappa shape index (κ2) is 13.8.